The predicted molar refractivity (Wildman–Crippen MR) is 105 cm³/mol. The maximum Gasteiger partial charge on any atom is 0.234 e. The summed E-state index contributed by atoms with van der Waals surface area (Å²) >= 11 is 0. The van der Waals surface area contributed by atoms with Crippen LogP contribution in [0.5, 0.6) is 0 Å². The van der Waals surface area contributed by atoms with Crippen molar-refractivity contribution in [2.75, 3.05) is 26.2 Å². The Morgan fingerprint density at radius 3 is 2.56 bits per heavy atom. The van der Waals surface area contributed by atoms with Crippen LogP contribution in [0.2, 0.25) is 0 Å². The van der Waals surface area contributed by atoms with E-state index in [1.807, 2.05) is 37.3 Å². The van der Waals surface area contributed by atoms with Crippen molar-refractivity contribution in [3.63, 3.8) is 0 Å². The zero-order chi connectivity index (χ0) is 18.9. The van der Waals surface area contributed by atoms with Crippen molar-refractivity contribution in [2.45, 2.75) is 57.5 Å². The first-order valence-electron chi connectivity index (χ1n) is 10.4. The van der Waals surface area contributed by atoms with E-state index in [4.69, 9.17) is 0 Å². The van der Waals surface area contributed by atoms with Crippen LogP contribution < -0.4 is 5.32 Å². The Balaban J connectivity index is 1.25. The van der Waals surface area contributed by atoms with Gasteiger partial charge in [0.05, 0.1) is 12.6 Å². The van der Waals surface area contributed by atoms with Crippen LogP contribution in [0.3, 0.4) is 0 Å². The highest BCUT2D eigenvalue weighted by Crippen LogP contribution is 2.43. The number of hydrogen-bond donors (Lipinski definition) is 1. The van der Waals surface area contributed by atoms with E-state index in [-0.39, 0.29) is 11.9 Å². The highest BCUT2D eigenvalue weighted by molar-refractivity contribution is 5.79. The molecule has 3 fully saturated rings. The Kier molecular flexibility index (Phi) is 5.22. The van der Waals surface area contributed by atoms with Crippen LogP contribution in [0.4, 0.5) is 0 Å². The molecule has 0 bridgehead atoms. The second kappa shape index (κ2) is 7.63. The van der Waals surface area contributed by atoms with E-state index < -0.39 is 0 Å². The molecule has 1 aliphatic carbocycles. The van der Waals surface area contributed by atoms with E-state index >= 15 is 0 Å². The lowest BCUT2D eigenvalue weighted by Crippen LogP contribution is -2.53. The number of hydrogen-bond acceptors (Lipinski definition) is 3. The van der Waals surface area contributed by atoms with E-state index in [1.54, 1.807) is 0 Å². The van der Waals surface area contributed by atoms with Gasteiger partial charge in [-0.2, -0.15) is 0 Å². The highest BCUT2D eigenvalue weighted by atomic mass is 16.2. The Labute approximate surface area is 162 Å². The summed E-state index contributed by atoms with van der Waals surface area (Å²) < 4.78 is 0. The lowest BCUT2D eigenvalue weighted by molar-refractivity contribution is -0.139. The average Bonchev–Trinajstić information content (AvgIpc) is 3.52. The molecule has 0 aromatic heterocycles. The van der Waals surface area contributed by atoms with Gasteiger partial charge in [-0.3, -0.25) is 14.5 Å². The number of carbonyl (C=O) groups excluding carboxylic acids is 2. The zero-order valence-electron chi connectivity index (χ0n) is 16.3. The molecule has 1 spiro atoms. The van der Waals surface area contributed by atoms with E-state index in [9.17, 15) is 9.59 Å². The molecule has 2 aliphatic heterocycles. The summed E-state index contributed by atoms with van der Waals surface area (Å²) in [6.07, 6.45) is 6.32. The summed E-state index contributed by atoms with van der Waals surface area (Å²) in [5, 5.41) is 3.12. The number of nitrogens with one attached hydrogen (secondary N) is 1. The number of amides is 2. The van der Waals surface area contributed by atoms with Crippen LogP contribution in [0.15, 0.2) is 30.3 Å². The third-order valence-electron chi connectivity index (χ3n) is 6.64. The SMILES string of the molecule is CC(NC(=O)CN1CCC2(CCC(=O)N(C3CC3)C2)CC1)c1ccccc1. The summed E-state index contributed by atoms with van der Waals surface area (Å²) in [5.41, 5.74) is 1.43. The van der Waals surface area contributed by atoms with Crippen LogP contribution in [0, 0.1) is 5.41 Å². The van der Waals surface area contributed by atoms with Crippen LogP contribution >= 0.6 is 0 Å². The molecule has 2 amide bonds. The molecular weight excluding hydrogens is 338 g/mol. The van der Waals surface area contributed by atoms with E-state index in [2.05, 4.69) is 15.1 Å². The predicted octanol–water partition coefficient (Wildman–Crippen LogP) is 2.73. The first-order valence-corrected chi connectivity index (χ1v) is 10.4. The van der Waals surface area contributed by atoms with Crippen LogP contribution in [-0.2, 0) is 9.59 Å². The summed E-state index contributed by atoms with van der Waals surface area (Å²) in [4.78, 5) is 29.1. The average molecular weight is 370 g/mol. The molecule has 2 heterocycles. The third kappa shape index (κ3) is 4.34. The summed E-state index contributed by atoms with van der Waals surface area (Å²) in [5.74, 6) is 0.459. The number of likely N-dealkylation sites (tertiary alicyclic amines) is 2. The maximum atomic E-state index is 12.4. The molecule has 5 nitrogen and oxygen atoms in total. The fourth-order valence-corrected chi connectivity index (χ4v) is 4.67. The summed E-state index contributed by atoms with van der Waals surface area (Å²) in [7, 11) is 0. The van der Waals surface area contributed by atoms with Crippen molar-refractivity contribution in [3.8, 4) is 0 Å². The zero-order valence-corrected chi connectivity index (χ0v) is 16.3. The minimum Gasteiger partial charge on any atom is -0.348 e. The van der Waals surface area contributed by atoms with Crippen LogP contribution in [0.1, 0.15) is 57.1 Å². The number of carbonyl (C=O) groups is 2. The van der Waals surface area contributed by atoms with Gasteiger partial charge in [-0.15, -0.1) is 0 Å². The quantitative estimate of drug-likeness (QED) is 0.868. The van der Waals surface area contributed by atoms with Gasteiger partial charge in [-0.05, 0) is 63.1 Å². The van der Waals surface area contributed by atoms with Gasteiger partial charge in [0.1, 0.15) is 0 Å². The first kappa shape index (κ1) is 18.5. The minimum atomic E-state index is 0.0336. The lowest BCUT2D eigenvalue weighted by Gasteiger charge is -2.47. The van der Waals surface area contributed by atoms with Crippen LogP contribution in [-0.4, -0.2) is 53.8 Å². The van der Waals surface area contributed by atoms with Gasteiger partial charge in [0, 0.05) is 19.0 Å². The molecule has 5 heteroatoms. The van der Waals surface area contributed by atoms with Crippen molar-refractivity contribution in [2.24, 2.45) is 5.41 Å². The molecule has 146 valence electrons. The molecule has 1 atom stereocenters. The Hall–Kier alpha value is -1.88. The van der Waals surface area contributed by atoms with E-state index in [1.165, 1.54) is 12.8 Å². The fraction of sp³-hybridized carbons (Fsp3) is 0.636. The monoisotopic (exact) mass is 369 g/mol. The maximum absolute atomic E-state index is 12.4. The molecule has 1 saturated carbocycles. The number of benzene rings is 1. The van der Waals surface area contributed by atoms with Gasteiger partial charge in [-0.1, -0.05) is 30.3 Å². The molecule has 3 aliphatic rings. The second-order valence-corrected chi connectivity index (χ2v) is 8.73. The largest absolute Gasteiger partial charge is 0.348 e. The van der Waals surface area contributed by atoms with Crippen molar-refractivity contribution < 1.29 is 9.59 Å². The Morgan fingerprint density at radius 1 is 1.19 bits per heavy atom. The number of piperidine rings is 2. The Bertz CT molecular complexity index is 678. The number of rotatable bonds is 5. The molecular formula is C22H31N3O2. The van der Waals surface area contributed by atoms with E-state index in [0.717, 1.165) is 44.5 Å². The summed E-state index contributed by atoms with van der Waals surface area (Å²) in [6, 6.07) is 10.6. The van der Waals surface area contributed by atoms with Gasteiger partial charge < -0.3 is 10.2 Å². The highest BCUT2D eigenvalue weighted by Gasteiger charge is 2.45. The third-order valence-corrected chi connectivity index (χ3v) is 6.64. The van der Waals surface area contributed by atoms with Gasteiger partial charge in [0.25, 0.3) is 0 Å². The molecule has 27 heavy (non-hydrogen) atoms. The molecule has 4 rings (SSSR count). The van der Waals surface area contributed by atoms with Crippen molar-refractivity contribution in [1.29, 1.82) is 0 Å². The molecule has 2 saturated heterocycles. The Morgan fingerprint density at radius 2 is 1.89 bits per heavy atom. The van der Waals surface area contributed by atoms with Gasteiger partial charge in [0.15, 0.2) is 0 Å². The van der Waals surface area contributed by atoms with Crippen molar-refractivity contribution >= 4 is 11.8 Å². The first-order chi connectivity index (χ1) is 13.0. The normalized spacial score (nSPS) is 24.0. The van der Waals surface area contributed by atoms with Gasteiger partial charge in [-0.25, -0.2) is 0 Å². The lowest BCUT2D eigenvalue weighted by atomic mass is 9.72. The minimum absolute atomic E-state index is 0.0336. The van der Waals surface area contributed by atoms with Crippen molar-refractivity contribution in [3.05, 3.63) is 35.9 Å². The van der Waals surface area contributed by atoms with Crippen molar-refractivity contribution in [1.82, 2.24) is 15.1 Å². The van der Waals surface area contributed by atoms with Gasteiger partial charge in [0.2, 0.25) is 11.8 Å². The van der Waals surface area contributed by atoms with Crippen LogP contribution in [0.25, 0.3) is 0 Å². The second-order valence-electron chi connectivity index (χ2n) is 8.73. The molecule has 1 aromatic rings. The molecule has 0 radical (unpaired) electrons. The smallest absolute Gasteiger partial charge is 0.234 e. The summed E-state index contributed by atoms with van der Waals surface area (Å²) in [6.45, 7) is 5.36. The topological polar surface area (TPSA) is 52.7 Å². The molecule has 1 aromatic carbocycles. The molecule has 1 unspecified atom stereocenters. The standard InChI is InChI=1S/C22H31N3O2/c1-17(18-5-3-2-4-6-18)23-20(26)15-24-13-11-22(12-14-24)10-9-21(27)25(16-22)19-7-8-19/h2-6,17,19H,7-16H2,1H3,(H,23,26). The number of nitrogens with zero attached hydrogens (tertiary/aromatic N) is 2. The fourth-order valence-electron chi connectivity index (χ4n) is 4.67. The van der Waals surface area contributed by atoms with Gasteiger partial charge >= 0.3 is 0 Å². The molecule has 1 N–H and O–H groups in total. The van der Waals surface area contributed by atoms with E-state index in [0.29, 0.717) is 30.3 Å².